The number of aromatic nitrogens is 3. The van der Waals surface area contributed by atoms with E-state index < -0.39 is 5.97 Å². The Bertz CT molecular complexity index is 739. The van der Waals surface area contributed by atoms with Crippen LogP contribution in [0.3, 0.4) is 0 Å². The lowest BCUT2D eigenvalue weighted by atomic mass is 10.1. The van der Waals surface area contributed by atoms with E-state index in [0.717, 1.165) is 29.5 Å². The van der Waals surface area contributed by atoms with Crippen LogP contribution in [0.5, 0.6) is 0 Å². The van der Waals surface area contributed by atoms with E-state index in [9.17, 15) is 4.79 Å². The summed E-state index contributed by atoms with van der Waals surface area (Å²) in [4.78, 5) is 10.8. The molecule has 0 radical (unpaired) electrons. The van der Waals surface area contributed by atoms with Gasteiger partial charge in [0.25, 0.3) is 0 Å². The normalized spacial score (nSPS) is 20.3. The first-order valence-electron chi connectivity index (χ1n) is 7.16. The summed E-state index contributed by atoms with van der Waals surface area (Å²) >= 11 is 1.14. The molecule has 0 aliphatic heterocycles. The molecule has 0 amide bonds. The van der Waals surface area contributed by atoms with E-state index >= 15 is 0 Å². The zero-order chi connectivity index (χ0) is 16.8. The van der Waals surface area contributed by atoms with Crippen molar-refractivity contribution in [3.8, 4) is 0 Å². The van der Waals surface area contributed by atoms with Crippen molar-refractivity contribution in [3.63, 3.8) is 0 Å². The molecule has 1 N–H and O–H groups in total. The highest BCUT2D eigenvalue weighted by atomic mass is 32.2. The van der Waals surface area contributed by atoms with Gasteiger partial charge in [-0.05, 0) is 31.9 Å². The maximum Gasteiger partial charge on any atom is 0.313 e. The summed E-state index contributed by atoms with van der Waals surface area (Å²) in [5.74, 6) is -0.259. The van der Waals surface area contributed by atoms with Crippen molar-refractivity contribution in [2.75, 3.05) is 5.75 Å². The highest BCUT2D eigenvalue weighted by Gasteiger charge is 2.15. The summed E-state index contributed by atoms with van der Waals surface area (Å²) in [5, 5.41) is 17.6. The largest absolute Gasteiger partial charge is 0.481 e. The summed E-state index contributed by atoms with van der Waals surface area (Å²) in [6, 6.07) is 0. The van der Waals surface area contributed by atoms with Gasteiger partial charge in [0, 0.05) is 0 Å². The maximum absolute atomic E-state index is 10.8. The third-order valence-corrected chi connectivity index (χ3v) is 4.11. The van der Waals surface area contributed by atoms with E-state index in [0.29, 0.717) is 11.0 Å². The van der Waals surface area contributed by atoms with E-state index in [1.165, 1.54) is 5.57 Å². The molecule has 0 bridgehead atoms. The van der Waals surface area contributed by atoms with Crippen molar-refractivity contribution < 1.29 is 9.90 Å². The Labute approximate surface area is 139 Å². The van der Waals surface area contributed by atoms with Crippen molar-refractivity contribution >= 4 is 23.4 Å². The molecule has 1 aliphatic carbocycles. The molecule has 1 heterocycles. The molecule has 1 aromatic rings. The molecule has 1 aromatic heterocycles. The number of thioether (sulfide) groups is 1. The molecule has 0 atom stereocenters. The van der Waals surface area contributed by atoms with E-state index in [1.807, 2.05) is 41.9 Å². The summed E-state index contributed by atoms with van der Waals surface area (Å²) in [6.45, 7) is 8.01. The van der Waals surface area contributed by atoms with Crippen molar-refractivity contribution in [1.29, 1.82) is 0 Å². The average molecular weight is 329 g/mol. The van der Waals surface area contributed by atoms with E-state index in [1.54, 1.807) is 0 Å². The minimum absolute atomic E-state index is 0.0642. The molecule has 120 valence electrons. The van der Waals surface area contributed by atoms with Gasteiger partial charge < -0.3 is 5.11 Å². The van der Waals surface area contributed by atoms with Gasteiger partial charge in [-0.2, -0.15) is 0 Å². The number of hydrogen-bond acceptors (Lipinski definition) is 4. The molecule has 0 spiro atoms. The van der Waals surface area contributed by atoms with Gasteiger partial charge in [0.15, 0.2) is 5.16 Å². The lowest BCUT2D eigenvalue weighted by Crippen LogP contribution is -2.05. The molecule has 23 heavy (non-hydrogen) atoms. The molecule has 0 unspecified atom stereocenters. The average Bonchev–Trinajstić information content (AvgIpc) is 2.86. The van der Waals surface area contributed by atoms with E-state index in [-0.39, 0.29) is 5.75 Å². The van der Waals surface area contributed by atoms with Crippen LogP contribution in [0.25, 0.3) is 5.70 Å². The maximum atomic E-state index is 10.8. The predicted molar refractivity (Wildman–Crippen MR) is 93.2 cm³/mol. The number of rotatable bonds is 4. The van der Waals surface area contributed by atoms with Crippen molar-refractivity contribution in [3.05, 3.63) is 60.0 Å². The first kappa shape index (κ1) is 17.0. The Morgan fingerprint density at radius 3 is 2.87 bits per heavy atom. The number of hydrogen-bond donors (Lipinski definition) is 1. The van der Waals surface area contributed by atoms with Gasteiger partial charge in [-0.1, -0.05) is 54.3 Å². The number of aryl methyl sites for hydroxylation is 1. The third kappa shape index (κ3) is 4.56. The van der Waals surface area contributed by atoms with E-state index in [2.05, 4.69) is 29.8 Å². The fraction of sp³-hybridized carbons (Fsp3) is 0.235. The van der Waals surface area contributed by atoms with Gasteiger partial charge in [0.1, 0.15) is 5.82 Å². The highest BCUT2D eigenvalue weighted by Crippen LogP contribution is 2.26. The molecular formula is C17H19N3O2S. The second kappa shape index (κ2) is 7.78. The predicted octanol–water partition coefficient (Wildman–Crippen LogP) is 3.62. The Balaban J connectivity index is 2.46. The zero-order valence-corrected chi connectivity index (χ0v) is 14.0. The number of carbonyl (C=O) groups is 1. The second-order valence-electron chi connectivity index (χ2n) is 5.13. The quantitative estimate of drug-likeness (QED) is 0.855. The van der Waals surface area contributed by atoms with Gasteiger partial charge >= 0.3 is 5.97 Å². The Morgan fingerprint density at radius 2 is 2.13 bits per heavy atom. The Morgan fingerprint density at radius 1 is 1.35 bits per heavy atom. The van der Waals surface area contributed by atoms with Crippen LogP contribution in [0.1, 0.15) is 19.2 Å². The van der Waals surface area contributed by atoms with Gasteiger partial charge in [-0.15, -0.1) is 10.2 Å². The summed E-state index contributed by atoms with van der Waals surface area (Å²) < 4.78 is 1.84. The number of carboxylic acid groups (broad SMARTS) is 1. The lowest BCUT2D eigenvalue weighted by molar-refractivity contribution is -0.133. The Hall–Kier alpha value is -2.34. The fourth-order valence-electron chi connectivity index (χ4n) is 2.04. The summed E-state index contributed by atoms with van der Waals surface area (Å²) in [7, 11) is 0. The van der Waals surface area contributed by atoms with Crippen LogP contribution in [-0.2, 0) is 4.79 Å². The standard InChI is InChI=1S/C17H19N3O2S/c1-12-7-5-4-6-8-13(2)15(10-9-12)20-14(3)18-19-17(20)23-11-16(21)22/h4-6,8-10H,2,7,11H2,1,3H3,(H,21,22)/b5-4-,8-6-,12-9-,15-10?. The van der Waals surface area contributed by atoms with Crippen LogP contribution < -0.4 is 0 Å². The summed E-state index contributed by atoms with van der Waals surface area (Å²) in [5.41, 5.74) is 2.86. The molecule has 0 aromatic carbocycles. The molecular weight excluding hydrogens is 310 g/mol. The Kier molecular flexibility index (Phi) is 5.76. The molecule has 5 nitrogen and oxygen atoms in total. The molecule has 0 saturated carbocycles. The second-order valence-corrected chi connectivity index (χ2v) is 6.07. The van der Waals surface area contributed by atoms with Crippen LogP contribution in [0.4, 0.5) is 0 Å². The number of allylic oxidation sites excluding steroid dienone is 9. The SMILES string of the molecule is C=C1/C=C\C=C/C/C(C)=C\C=C1n1c(C)nnc1SCC(=O)O. The highest BCUT2D eigenvalue weighted by molar-refractivity contribution is 7.99. The molecule has 2 rings (SSSR count). The van der Waals surface area contributed by atoms with Gasteiger partial charge in [0.2, 0.25) is 0 Å². The van der Waals surface area contributed by atoms with Gasteiger partial charge in [0.05, 0.1) is 11.4 Å². The van der Waals surface area contributed by atoms with Crippen LogP contribution in [0, 0.1) is 6.92 Å². The van der Waals surface area contributed by atoms with Crippen LogP contribution in [0.2, 0.25) is 0 Å². The van der Waals surface area contributed by atoms with Crippen molar-refractivity contribution in [1.82, 2.24) is 14.8 Å². The van der Waals surface area contributed by atoms with Crippen molar-refractivity contribution in [2.45, 2.75) is 25.4 Å². The van der Waals surface area contributed by atoms with Crippen molar-refractivity contribution in [2.24, 2.45) is 0 Å². The monoisotopic (exact) mass is 329 g/mol. The molecule has 6 heteroatoms. The zero-order valence-electron chi connectivity index (χ0n) is 13.2. The number of nitrogens with zero attached hydrogens (tertiary/aromatic N) is 3. The van der Waals surface area contributed by atoms with Crippen LogP contribution >= 0.6 is 11.8 Å². The number of aliphatic carboxylic acids is 1. The molecule has 0 saturated heterocycles. The lowest BCUT2D eigenvalue weighted by Gasteiger charge is -2.13. The minimum atomic E-state index is -0.887. The van der Waals surface area contributed by atoms with Crippen LogP contribution in [0.15, 0.2) is 59.3 Å². The van der Waals surface area contributed by atoms with Gasteiger partial charge in [-0.3, -0.25) is 9.36 Å². The smallest absolute Gasteiger partial charge is 0.313 e. The van der Waals surface area contributed by atoms with Crippen LogP contribution in [-0.4, -0.2) is 31.6 Å². The molecule has 1 aliphatic rings. The number of carboxylic acids is 1. The fourth-order valence-corrected chi connectivity index (χ4v) is 2.75. The molecule has 0 fully saturated rings. The first-order valence-corrected chi connectivity index (χ1v) is 8.14. The topological polar surface area (TPSA) is 68.0 Å². The van der Waals surface area contributed by atoms with E-state index in [4.69, 9.17) is 5.11 Å². The minimum Gasteiger partial charge on any atom is -0.481 e. The first-order chi connectivity index (χ1) is 11.0. The third-order valence-electron chi connectivity index (χ3n) is 3.20. The van der Waals surface area contributed by atoms with Gasteiger partial charge in [-0.25, -0.2) is 0 Å². The summed E-state index contributed by atoms with van der Waals surface area (Å²) in [6.07, 6.45) is 12.8.